The van der Waals surface area contributed by atoms with Gasteiger partial charge < -0.3 is 10.1 Å². The van der Waals surface area contributed by atoms with Crippen molar-refractivity contribution in [2.75, 3.05) is 13.7 Å². The van der Waals surface area contributed by atoms with Crippen molar-refractivity contribution in [2.24, 2.45) is 0 Å². The minimum atomic E-state index is -0.823. The number of benzene rings is 2. The molecule has 1 N–H and O–H groups in total. The normalized spacial score (nSPS) is 13.3. The highest BCUT2D eigenvalue weighted by atomic mass is 19.1. The van der Waals surface area contributed by atoms with Gasteiger partial charge in [-0.15, -0.1) is 0 Å². The van der Waals surface area contributed by atoms with Gasteiger partial charge in [0.05, 0.1) is 12.7 Å². The summed E-state index contributed by atoms with van der Waals surface area (Å²) in [7, 11) is 1.21. The van der Waals surface area contributed by atoms with Crippen LogP contribution < -0.4 is 10.1 Å². The summed E-state index contributed by atoms with van der Waals surface area (Å²) >= 11 is 0. The molecule has 1 aliphatic rings. The molecule has 132 valence electrons. The molecule has 0 spiro atoms. The van der Waals surface area contributed by atoms with Crippen molar-refractivity contribution in [3.63, 3.8) is 0 Å². The zero-order chi connectivity index (χ0) is 18.3. The van der Waals surface area contributed by atoms with Gasteiger partial charge in [-0.3, -0.25) is 9.36 Å². The summed E-state index contributed by atoms with van der Waals surface area (Å²) in [4.78, 5) is 16.3. The minimum absolute atomic E-state index is 0.107. The largest absolute Gasteiger partial charge is 0.491 e. The van der Waals surface area contributed by atoms with Crippen molar-refractivity contribution >= 4 is 5.91 Å². The molecule has 0 atom stereocenters. The predicted molar refractivity (Wildman–Crippen MR) is 91.5 cm³/mol. The van der Waals surface area contributed by atoms with Gasteiger partial charge in [0.25, 0.3) is 5.91 Å². The average molecular weight is 355 g/mol. The quantitative estimate of drug-likeness (QED) is 0.785. The van der Waals surface area contributed by atoms with E-state index in [1.165, 1.54) is 19.4 Å². The van der Waals surface area contributed by atoms with E-state index in [-0.39, 0.29) is 17.3 Å². The fourth-order valence-electron chi connectivity index (χ4n) is 3.15. The molecular formula is C19H15F2N3O2. The van der Waals surface area contributed by atoms with Crippen LogP contribution >= 0.6 is 0 Å². The van der Waals surface area contributed by atoms with Crippen LogP contribution in [0, 0.1) is 11.6 Å². The molecule has 0 fully saturated rings. The highest BCUT2D eigenvalue weighted by molar-refractivity contribution is 5.97. The van der Waals surface area contributed by atoms with Gasteiger partial charge in [0.1, 0.15) is 5.82 Å². The van der Waals surface area contributed by atoms with Crippen LogP contribution in [0.25, 0.3) is 17.1 Å². The lowest BCUT2D eigenvalue weighted by Crippen LogP contribution is -2.31. The molecule has 1 amide bonds. The maximum Gasteiger partial charge on any atom is 0.251 e. The lowest BCUT2D eigenvalue weighted by atomic mass is 9.99. The van der Waals surface area contributed by atoms with Crippen LogP contribution in [-0.4, -0.2) is 29.1 Å². The molecule has 5 nitrogen and oxygen atoms in total. The molecule has 1 aliphatic heterocycles. The molecule has 0 radical (unpaired) electrons. The summed E-state index contributed by atoms with van der Waals surface area (Å²) < 4.78 is 34.8. The Bertz CT molecular complexity index is 1010. The number of aromatic nitrogens is 2. The number of halogens is 2. The summed E-state index contributed by atoms with van der Waals surface area (Å²) in [6.07, 6.45) is 3.94. The number of carbonyl (C=O) groups is 1. The van der Waals surface area contributed by atoms with Crippen LogP contribution in [0.3, 0.4) is 0 Å². The third-order valence-electron chi connectivity index (χ3n) is 4.43. The van der Waals surface area contributed by atoms with Crippen molar-refractivity contribution in [3.05, 3.63) is 65.5 Å². The van der Waals surface area contributed by atoms with E-state index in [1.807, 2.05) is 12.1 Å². The number of ether oxygens (including phenoxy) is 1. The van der Waals surface area contributed by atoms with Crippen LogP contribution in [0.5, 0.6) is 5.75 Å². The smallest absolute Gasteiger partial charge is 0.251 e. The third-order valence-corrected chi connectivity index (χ3v) is 4.43. The number of imidazole rings is 1. The van der Waals surface area contributed by atoms with Crippen molar-refractivity contribution in [3.8, 4) is 22.8 Å². The number of nitrogens with zero attached hydrogens (tertiary/aromatic N) is 2. The molecule has 4 rings (SSSR count). The number of rotatable bonds is 3. The first-order chi connectivity index (χ1) is 12.6. The summed E-state index contributed by atoms with van der Waals surface area (Å²) in [5.41, 5.74) is 2.32. The summed E-state index contributed by atoms with van der Waals surface area (Å²) in [5, 5.41) is 2.81. The van der Waals surface area contributed by atoms with E-state index in [0.29, 0.717) is 17.8 Å². The number of hydrogen-bond acceptors (Lipinski definition) is 3. The molecule has 0 saturated heterocycles. The maximum atomic E-state index is 14.6. The molecule has 0 bridgehead atoms. The van der Waals surface area contributed by atoms with E-state index in [0.717, 1.165) is 18.1 Å². The van der Waals surface area contributed by atoms with Crippen LogP contribution in [0.2, 0.25) is 0 Å². The Kier molecular flexibility index (Phi) is 3.91. The van der Waals surface area contributed by atoms with E-state index in [2.05, 4.69) is 10.3 Å². The van der Waals surface area contributed by atoms with Gasteiger partial charge in [-0.05, 0) is 36.2 Å². The highest BCUT2D eigenvalue weighted by Gasteiger charge is 2.21. The van der Waals surface area contributed by atoms with Gasteiger partial charge in [0.15, 0.2) is 17.4 Å². The number of hydrogen-bond donors (Lipinski definition) is 1. The fraction of sp³-hybridized carbons (Fsp3) is 0.158. The maximum absolute atomic E-state index is 14.6. The van der Waals surface area contributed by atoms with Crippen LogP contribution in [0.4, 0.5) is 8.78 Å². The zero-order valence-electron chi connectivity index (χ0n) is 13.9. The first-order valence-electron chi connectivity index (χ1n) is 8.07. The number of amides is 1. The number of carbonyl (C=O) groups excluding carboxylic acids is 1. The molecule has 1 aromatic heterocycles. The van der Waals surface area contributed by atoms with Crippen molar-refractivity contribution in [1.29, 1.82) is 0 Å². The van der Waals surface area contributed by atoms with Crippen molar-refractivity contribution in [2.45, 2.75) is 6.42 Å². The molecular weight excluding hydrogens is 340 g/mol. The Morgan fingerprint density at radius 3 is 2.85 bits per heavy atom. The Morgan fingerprint density at radius 1 is 1.19 bits per heavy atom. The molecule has 2 heterocycles. The average Bonchev–Trinajstić information content (AvgIpc) is 3.12. The third kappa shape index (κ3) is 2.52. The van der Waals surface area contributed by atoms with Crippen LogP contribution in [0.1, 0.15) is 15.9 Å². The molecule has 3 aromatic rings. The highest BCUT2D eigenvalue weighted by Crippen LogP contribution is 2.32. The van der Waals surface area contributed by atoms with E-state index in [1.54, 1.807) is 16.8 Å². The van der Waals surface area contributed by atoms with Crippen molar-refractivity contribution < 1.29 is 18.3 Å². The fourth-order valence-corrected chi connectivity index (χ4v) is 3.15. The lowest BCUT2D eigenvalue weighted by molar-refractivity contribution is 0.0946. The molecule has 26 heavy (non-hydrogen) atoms. The van der Waals surface area contributed by atoms with E-state index < -0.39 is 17.4 Å². The standard InChI is InChI=1S/C19H15F2N3O2/c1-26-17-15(20)5-4-13(16(17)21)18-22-8-9-24(18)12-3-2-11-6-7-23-19(25)14(11)10-12/h2-5,8-10H,6-7H2,1H3,(H,23,25). The predicted octanol–water partition coefficient (Wildman–Crippen LogP) is 3.11. The van der Waals surface area contributed by atoms with Gasteiger partial charge in [-0.25, -0.2) is 13.8 Å². The Balaban J connectivity index is 1.84. The first kappa shape index (κ1) is 16.3. The second kappa shape index (κ2) is 6.25. The number of nitrogens with one attached hydrogen (secondary N) is 1. The summed E-state index contributed by atoms with van der Waals surface area (Å²) in [6, 6.07) is 7.93. The minimum Gasteiger partial charge on any atom is -0.491 e. The van der Waals surface area contributed by atoms with Gasteiger partial charge in [0.2, 0.25) is 0 Å². The van der Waals surface area contributed by atoms with Crippen molar-refractivity contribution in [1.82, 2.24) is 14.9 Å². The van der Waals surface area contributed by atoms with Gasteiger partial charge in [0, 0.05) is 30.2 Å². The first-order valence-corrected chi connectivity index (χ1v) is 8.07. The second-order valence-electron chi connectivity index (χ2n) is 5.91. The Hall–Kier alpha value is -3.22. The SMILES string of the molecule is COc1c(F)ccc(-c2nccn2-c2ccc3c(c2)C(=O)NCC3)c1F. The van der Waals surface area contributed by atoms with Crippen LogP contribution in [-0.2, 0) is 6.42 Å². The zero-order valence-corrected chi connectivity index (χ0v) is 13.9. The molecule has 7 heteroatoms. The Labute approximate surface area is 148 Å². The molecule has 0 saturated carbocycles. The Morgan fingerprint density at radius 2 is 2.04 bits per heavy atom. The number of fused-ring (bicyclic) bond motifs is 1. The summed E-state index contributed by atoms with van der Waals surface area (Å²) in [6.45, 7) is 0.613. The van der Waals surface area contributed by atoms with E-state index in [9.17, 15) is 13.6 Å². The number of methoxy groups -OCH3 is 1. The second-order valence-corrected chi connectivity index (χ2v) is 5.91. The van der Waals surface area contributed by atoms with E-state index in [4.69, 9.17) is 4.74 Å². The van der Waals surface area contributed by atoms with Gasteiger partial charge in [-0.1, -0.05) is 6.07 Å². The molecule has 0 unspecified atom stereocenters. The molecule has 2 aromatic carbocycles. The monoisotopic (exact) mass is 355 g/mol. The topological polar surface area (TPSA) is 56.2 Å². The molecule has 0 aliphatic carbocycles. The van der Waals surface area contributed by atoms with E-state index >= 15 is 0 Å². The summed E-state index contributed by atoms with van der Waals surface area (Å²) in [5.74, 6) is -1.91. The van der Waals surface area contributed by atoms with Gasteiger partial charge >= 0.3 is 0 Å². The van der Waals surface area contributed by atoms with Gasteiger partial charge in [-0.2, -0.15) is 0 Å². The van der Waals surface area contributed by atoms with Crippen LogP contribution in [0.15, 0.2) is 42.7 Å². The lowest BCUT2D eigenvalue weighted by Gasteiger charge is -2.18.